The number of H-pyrrole nitrogens is 2. The minimum absolute atomic E-state index is 0.100. The van der Waals surface area contributed by atoms with E-state index in [0.717, 1.165) is 17.4 Å². The third-order valence-electron chi connectivity index (χ3n) is 5.74. The number of pyridine rings is 1. The molecule has 12 heteroatoms. The van der Waals surface area contributed by atoms with Crippen LogP contribution < -0.4 is 10.3 Å². The van der Waals surface area contributed by atoms with Gasteiger partial charge in [0, 0.05) is 41.8 Å². The fourth-order valence-corrected chi connectivity index (χ4v) is 6.82. The van der Waals surface area contributed by atoms with Crippen LogP contribution in [-0.2, 0) is 26.1 Å². The first-order chi connectivity index (χ1) is 16.3. The lowest BCUT2D eigenvalue weighted by Crippen LogP contribution is -2.18. The molecule has 0 spiro atoms. The molecule has 3 heterocycles. The molecule has 0 atom stereocenters. The molecule has 10 nitrogen and oxygen atoms in total. The smallest absolute Gasteiger partial charge is 0.276 e. The van der Waals surface area contributed by atoms with Gasteiger partial charge in [-0.15, -0.1) is 0 Å². The highest BCUT2D eigenvalue weighted by Crippen LogP contribution is 2.29. The number of rotatable bonds is 6. The molecule has 0 amide bonds. The molecule has 0 fully saturated rings. The maximum atomic E-state index is 13.5. The monoisotopic (exact) mass is 516 g/mol. The number of benzene rings is 1. The summed E-state index contributed by atoms with van der Waals surface area (Å²) in [6, 6.07) is 3.99. The summed E-state index contributed by atoms with van der Waals surface area (Å²) in [5, 5.41) is -0.641. The maximum absolute atomic E-state index is 13.5. The van der Waals surface area contributed by atoms with E-state index in [0.29, 0.717) is 22.6 Å². The van der Waals surface area contributed by atoms with Crippen LogP contribution in [0.5, 0.6) is 5.75 Å². The molecule has 0 unspecified atom stereocenters. The van der Waals surface area contributed by atoms with Gasteiger partial charge in [-0.1, -0.05) is 6.07 Å². The predicted molar refractivity (Wildman–Crippen MR) is 130 cm³/mol. The van der Waals surface area contributed by atoms with E-state index in [-0.39, 0.29) is 22.3 Å². The van der Waals surface area contributed by atoms with Crippen LogP contribution in [0.3, 0.4) is 0 Å². The summed E-state index contributed by atoms with van der Waals surface area (Å²) in [5.41, 5.74) is 3.02. The van der Waals surface area contributed by atoms with Gasteiger partial charge in [0.1, 0.15) is 16.8 Å². The Morgan fingerprint density at radius 3 is 2.43 bits per heavy atom. The Balaban J connectivity index is 1.90. The Hall–Kier alpha value is -3.51. The Bertz CT molecular complexity index is 1750. The molecule has 0 aliphatic heterocycles. The molecule has 35 heavy (non-hydrogen) atoms. The third kappa shape index (κ3) is 4.34. The molecule has 4 aromatic rings. The van der Waals surface area contributed by atoms with E-state index < -0.39 is 35.3 Å². The van der Waals surface area contributed by atoms with Gasteiger partial charge in [0.25, 0.3) is 5.56 Å². The fraction of sp³-hybridized carbons (Fsp3) is 0.261. The number of nitrogens with zero attached hydrogens (tertiary/aromatic N) is 2. The van der Waals surface area contributed by atoms with Crippen LogP contribution in [0.25, 0.3) is 11.0 Å². The molecule has 2 N–H and O–H groups in total. The number of hydrogen-bond donors (Lipinski definition) is 2. The molecule has 4 rings (SSSR count). The number of aromatic amines is 2. The van der Waals surface area contributed by atoms with Crippen molar-refractivity contribution in [2.75, 3.05) is 13.4 Å². The number of methoxy groups -OCH3 is 1. The second-order valence-electron chi connectivity index (χ2n) is 8.36. The first-order valence-electron chi connectivity index (χ1n) is 10.5. The van der Waals surface area contributed by atoms with Crippen LogP contribution in [0.2, 0.25) is 0 Å². The Labute approximate surface area is 202 Å². The highest BCUT2D eigenvalue weighted by Gasteiger charge is 2.29. The van der Waals surface area contributed by atoms with E-state index >= 15 is 0 Å². The van der Waals surface area contributed by atoms with Gasteiger partial charge in [-0.2, -0.15) is 0 Å². The van der Waals surface area contributed by atoms with Crippen molar-refractivity contribution in [1.29, 1.82) is 0 Å². The van der Waals surface area contributed by atoms with E-state index in [1.54, 1.807) is 26.4 Å². The van der Waals surface area contributed by atoms with Crippen molar-refractivity contribution >= 4 is 30.7 Å². The van der Waals surface area contributed by atoms with E-state index in [2.05, 4.69) is 19.9 Å². The Morgan fingerprint density at radius 1 is 1.06 bits per heavy atom. The largest absolute Gasteiger partial charge is 0.496 e. The zero-order chi connectivity index (χ0) is 25.7. The van der Waals surface area contributed by atoms with Crippen molar-refractivity contribution in [2.24, 2.45) is 0 Å². The van der Waals surface area contributed by atoms with Gasteiger partial charge in [-0.25, -0.2) is 21.8 Å². The van der Waals surface area contributed by atoms with Crippen molar-refractivity contribution < 1.29 is 21.6 Å². The Morgan fingerprint density at radius 2 is 1.77 bits per heavy atom. The number of sulfone groups is 2. The Kier molecular flexibility index (Phi) is 6.05. The quantitative estimate of drug-likeness (QED) is 0.371. The zero-order valence-corrected chi connectivity index (χ0v) is 21.4. The molecule has 3 aromatic heterocycles. The number of hydrogen-bond acceptors (Lipinski definition) is 8. The van der Waals surface area contributed by atoms with E-state index in [9.17, 15) is 21.6 Å². The molecular formula is C23H24N4O6S2. The predicted octanol–water partition coefficient (Wildman–Crippen LogP) is 2.41. The lowest BCUT2D eigenvalue weighted by molar-refractivity contribution is 0.407. The first-order valence-corrected chi connectivity index (χ1v) is 13.9. The van der Waals surface area contributed by atoms with Crippen LogP contribution in [0.1, 0.15) is 27.9 Å². The summed E-state index contributed by atoms with van der Waals surface area (Å²) in [5.74, 6) is 0.691. The van der Waals surface area contributed by atoms with E-state index in [1.165, 1.54) is 18.2 Å². The van der Waals surface area contributed by atoms with Crippen LogP contribution in [0.4, 0.5) is 0 Å². The second kappa shape index (κ2) is 8.61. The van der Waals surface area contributed by atoms with Crippen molar-refractivity contribution in [3.8, 4) is 5.75 Å². The average Bonchev–Trinajstić information content (AvgIpc) is 3.18. The zero-order valence-electron chi connectivity index (χ0n) is 19.8. The minimum atomic E-state index is -4.48. The first kappa shape index (κ1) is 24.6. The standard InChI is InChI=1S/C23H24N4O6S2/c1-12-6-7-17(34(5,29)30)18(8-12)35(31,32)23-26-19-15(11-25-20(19)22(28)27-23)9-16-14(3)21(33-4)13(2)10-24-16/h6-8,10-11,25H,9H2,1-5H3,(H,26,27,28). The van der Waals surface area contributed by atoms with Crippen molar-refractivity contribution in [1.82, 2.24) is 19.9 Å². The summed E-state index contributed by atoms with van der Waals surface area (Å²) in [7, 11) is -6.78. The molecule has 1 aromatic carbocycles. The van der Waals surface area contributed by atoms with Gasteiger partial charge in [0.05, 0.1) is 22.6 Å². The summed E-state index contributed by atoms with van der Waals surface area (Å²) < 4.78 is 57.0. The number of aromatic nitrogens is 4. The third-order valence-corrected chi connectivity index (χ3v) is 8.65. The molecule has 0 radical (unpaired) electrons. The van der Waals surface area contributed by atoms with Crippen LogP contribution >= 0.6 is 0 Å². The molecule has 0 bridgehead atoms. The normalized spacial score (nSPS) is 12.3. The summed E-state index contributed by atoms with van der Waals surface area (Å²) in [6.45, 7) is 5.38. The number of nitrogens with one attached hydrogen (secondary N) is 2. The van der Waals surface area contributed by atoms with Crippen molar-refractivity contribution in [2.45, 2.75) is 42.1 Å². The molecule has 0 aliphatic carbocycles. The van der Waals surface area contributed by atoms with Crippen molar-refractivity contribution in [3.63, 3.8) is 0 Å². The summed E-state index contributed by atoms with van der Waals surface area (Å²) in [4.78, 5) is 25.8. The highest BCUT2D eigenvalue weighted by atomic mass is 32.2. The van der Waals surface area contributed by atoms with Gasteiger partial charge in [0.15, 0.2) is 9.84 Å². The molecule has 184 valence electrons. The lowest BCUT2D eigenvalue weighted by atomic mass is 10.1. The topological polar surface area (TPSA) is 152 Å². The minimum Gasteiger partial charge on any atom is -0.496 e. The number of fused-ring (bicyclic) bond motifs is 1. The van der Waals surface area contributed by atoms with E-state index in [4.69, 9.17) is 4.74 Å². The molecule has 0 saturated heterocycles. The van der Waals surface area contributed by atoms with E-state index in [1.807, 2.05) is 13.8 Å². The van der Waals surface area contributed by atoms with Gasteiger partial charge in [-0.05, 0) is 38.5 Å². The van der Waals surface area contributed by atoms with Gasteiger partial charge in [0.2, 0.25) is 15.0 Å². The average molecular weight is 517 g/mol. The van der Waals surface area contributed by atoms with Gasteiger partial charge in [-0.3, -0.25) is 14.8 Å². The van der Waals surface area contributed by atoms with Crippen LogP contribution in [0, 0.1) is 20.8 Å². The molecule has 0 saturated carbocycles. The second-order valence-corrected chi connectivity index (χ2v) is 12.2. The summed E-state index contributed by atoms with van der Waals surface area (Å²) in [6.07, 6.45) is 4.44. The fourth-order valence-electron chi connectivity index (χ4n) is 3.97. The van der Waals surface area contributed by atoms with Gasteiger partial charge >= 0.3 is 0 Å². The van der Waals surface area contributed by atoms with Crippen LogP contribution in [0.15, 0.2) is 50.3 Å². The van der Waals surface area contributed by atoms with Crippen LogP contribution in [-0.4, -0.2) is 50.1 Å². The number of aryl methyl sites for hydroxylation is 2. The number of ether oxygens (including phenoxy) is 1. The maximum Gasteiger partial charge on any atom is 0.276 e. The molecule has 0 aliphatic rings. The van der Waals surface area contributed by atoms with Crippen molar-refractivity contribution in [3.05, 3.63) is 68.9 Å². The lowest BCUT2D eigenvalue weighted by Gasteiger charge is -2.12. The van der Waals surface area contributed by atoms with Gasteiger partial charge < -0.3 is 9.72 Å². The summed E-state index contributed by atoms with van der Waals surface area (Å²) >= 11 is 0. The SMILES string of the molecule is COc1c(C)cnc(Cc2c[nH]c3c(=O)[nH]c(S(=O)(=O)c4cc(C)ccc4S(C)(=O)=O)nc23)c1C. The highest BCUT2D eigenvalue weighted by molar-refractivity contribution is 7.94. The molecular weight excluding hydrogens is 492 g/mol.